The highest BCUT2D eigenvalue weighted by Crippen LogP contribution is 2.41. The summed E-state index contributed by atoms with van der Waals surface area (Å²) in [5.41, 5.74) is 7.90. The first-order valence-corrected chi connectivity index (χ1v) is 6.55. The van der Waals surface area contributed by atoms with E-state index in [0.717, 1.165) is 43.1 Å². The van der Waals surface area contributed by atoms with Crippen molar-refractivity contribution in [3.8, 4) is 5.75 Å². The summed E-state index contributed by atoms with van der Waals surface area (Å²) in [4.78, 5) is 2.30. The highest BCUT2D eigenvalue weighted by Gasteiger charge is 2.42. The summed E-state index contributed by atoms with van der Waals surface area (Å²) in [6.45, 7) is 1.93. The molecular formula is C14H20N2O2. The topological polar surface area (TPSA) is 58.7 Å². The van der Waals surface area contributed by atoms with Gasteiger partial charge in [0.05, 0.1) is 24.6 Å². The molecule has 1 aliphatic carbocycles. The SMILES string of the molecule is COc1ccc(N2CC3CCC(O)C3C2)c(N)c1. The Bertz CT molecular complexity index is 449. The molecule has 1 saturated carbocycles. The minimum absolute atomic E-state index is 0.125. The van der Waals surface area contributed by atoms with E-state index < -0.39 is 0 Å². The van der Waals surface area contributed by atoms with Crippen molar-refractivity contribution >= 4 is 11.4 Å². The van der Waals surface area contributed by atoms with Gasteiger partial charge in [0.1, 0.15) is 5.75 Å². The first-order valence-electron chi connectivity index (χ1n) is 6.55. The minimum Gasteiger partial charge on any atom is -0.497 e. The number of nitrogens with zero attached hydrogens (tertiary/aromatic N) is 1. The molecule has 0 radical (unpaired) electrons. The third-order valence-corrected chi connectivity index (χ3v) is 4.39. The molecule has 1 saturated heterocycles. The van der Waals surface area contributed by atoms with Gasteiger partial charge in [-0.2, -0.15) is 0 Å². The molecule has 4 heteroatoms. The summed E-state index contributed by atoms with van der Waals surface area (Å²) in [6.07, 6.45) is 1.97. The zero-order valence-electron chi connectivity index (χ0n) is 10.7. The van der Waals surface area contributed by atoms with Crippen LogP contribution in [0.1, 0.15) is 12.8 Å². The van der Waals surface area contributed by atoms with E-state index in [4.69, 9.17) is 10.5 Å². The van der Waals surface area contributed by atoms with Crippen molar-refractivity contribution in [1.29, 1.82) is 0 Å². The van der Waals surface area contributed by atoms with E-state index >= 15 is 0 Å². The molecule has 98 valence electrons. The van der Waals surface area contributed by atoms with Gasteiger partial charge in [-0.3, -0.25) is 0 Å². The largest absolute Gasteiger partial charge is 0.497 e. The molecule has 0 amide bonds. The first-order chi connectivity index (χ1) is 8.69. The Labute approximate surface area is 107 Å². The molecule has 3 atom stereocenters. The fraction of sp³-hybridized carbons (Fsp3) is 0.571. The van der Waals surface area contributed by atoms with Crippen molar-refractivity contribution in [2.24, 2.45) is 11.8 Å². The molecule has 3 N–H and O–H groups in total. The Morgan fingerprint density at radius 2 is 2.17 bits per heavy atom. The van der Waals surface area contributed by atoms with E-state index in [1.807, 2.05) is 18.2 Å². The molecule has 0 bridgehead atoms. The molecular weight excluding hydrogens is 228 g/mol. The molecule has 4 nitrogen and oxygen atoms in total. The predicted octanol–water partition coefficient (Wildman–Crippen LogP) is 1.48. The average Bonchev–Trinajstić information content (AvgIpc) is 2.92. The van der Waals surface area contributed by atoms with Crippen molar-refractivity contribution in [2.75, 3.05) is 30.8 Å². The molecule has 18 heavy (non-hydrogen) atoms. The second-order valence-electron chi connectivity index (χ2n) is 5.40. The molecule has 1 aromatic carbocycles. The third-order valence-electron chi connectivity index (χ3n) is 4.39. The Kier molecular flexibility index (Phi) is 2.82. The molecule has 0 aromatic heterocycles. The summed E-state index contributed by atoms with van der Waals surface area (Å²) >= 11 is 0. The number of nitrogens with two attached hydrogens (primary N) is 1. The van der Waals surface area contributed by atoms with Crippen molar-refractivity contribution in [3.05, 3.63) is 18.2 Å². The van der Waals surface area contributed by atoms with Crippen LogP contribution in [-0.2, 0) is 0 Å². The maximum atomic E-state index is 9.94. The highest BCUT2D eigenvalue weighted by molar-refractivity contribution is 5.70. The number of nitrogen functional groups attached to an aromatic ring is 1. The molecule has 1 heterocycles. The van der Waals surface area contributed by atoms with E-state index in [2.05, 4.69) is 4.90 Å². The van der Waals surface area contributed by atoms with Crippen LogP contribution in [0.15, 0.2) is 18.2 Å². The van der Waals surface area contributed by atoms with Gasteiger partial charge < -0.3 is 20.5 Å². The van der Waals surface area contributed by atoms with Crippen molar-refractivity contribution in [2.45, 2.75) is 18.9 Å². The number of hydrogen-bond acceptors (Lipinski definition) is 4. The molecule has 2 aliphatic rings. The van der Waals surface area contributed by atoms with E-state index in [0.29, 0.717) is 11.8 Å². The van der Waals surface area contributed by atoms with Gasteiger partial charge in [-0.15, -0.1) is 0 Å². The minimum atomic E-state index is -0.125. The summed E-state index contributed by atoms with van der Waals surface area (Å²) in [7, 11) is 1.64. The molecule has 2 fully saturated rings. The maximum absolute atomic E-state index is 9.94. The van der Waals surface area contributed by atoms with Gasteiger partial charge in [-0.25, -0.2) is 0 Å². The van der Waals surface area contributed by atoms with Crippen molar-refractivity contribution in [3.63, 3.8) is 0 Å². The van der Waals surface area contributed by atoms with Crippen molar-refractivity contribution < 1.29 is 9.84 Å². The second kappa shape index (κ2) is 4.35. The molecule has 0 spiro atoms. The van der Waals surface area contributed by atoms with Crippen LogP contribution in [0, 0.1) is 11.8 Å². The number of ether oxygens (including phenoxy) is 1. The smallest absolute Gasteiger partial charge is 0.121 e. The molecule has 3 rings (SSSR count). The number of anilines is 2. The summed E-state index contributed by atoms with van der Waals surface area (Å²) in [5, 5.41) is 9.94. The number of aliphatic hydroxyl groups is 1. The number of benzene rings is 1. The van der Waals surface area contributed by atoms with Gasteiger partial charge in [-0.05, 0) is 30.9 Å². The number of methoxy groups -OCH3 is 1. The normalized spacial score (nSPS) is 30.6. The fourth-order valence-corrected chi connectivity index (χ4v) is 3.38. The van der Waals surface area contributed by atoms with Crippen molar-refractivity contribution in [1.82, 2.24) is 0 Å². The Hall–Kier alpha value is -1.42. The lowest BCUT2D eigenvalue weighted by Crippen LogP contribution is -2.25. The van der Waals surface area contributed by atoms with Crippen LogP contribution in [0.3, 0.4) is 0 Å². The van der Waals surface area contributed by atoms with Crippen LogP contribution in [0.2, 0.25) is 0 Å². The Morgan fingerprint density at radius 3 is 2.83 bits per heavy atom. The Morgan fingerprint density at radius 1 is 1.33 bits per heavy atom. The van der Waals surface area contributed by atoms with Crippen LogP contribution in [0.5, 0.6) is 5.75 Å². The third kappa shape index (κ3) is 1.81. The zero-order valence-corrected chi connectivity index (χ0v) is 10.7. The lowest BCUT2D eigenvalue weighted by molar-refractivity contribution is 0.133. The monoisotopic (exact) mass is 248 g/mol. The van der Waals surface area contributed by atoms with E-state index in [-0.39, 0.29) is 6.10 Å². The molecule has 1 aliphatic heterocycles. The lowest BCUT2D eigenvalue weighted by Gasteiger charge is -2.22. The van der Waals surface area contributed by atoms with Gasteiger partial charge >= 0.3 is 0 Å². The highest BCUT2D eigenvalue weighted by atomic mass is 16.5. The maximum Gasteiger partial charge on any atom is 0.121 e. The van der Waals surface area contributed by atoms with E-state index in [9.17, 15) is 5.11 Å². The number of hydrogen-bond donors (Lipinski definition) is 2. The second-order valence-corrected chi connectivity index (χ2v) is 5.40. The summed E-state index contributed by atoms with van der Waals surface area (Å²) in [5.74, 6) is 1.84. The van der Waals surface area contributed by atoms with Gasteiger partial charge in [0.25, 0.3) is 0 Å². The van der Waals surface area contributed by atoms with Gasteiger partial charge in [0.2, 0.25) is 0 Å². The predicted molar refractivity (Wildman–Crippen MR) is 71.8 cm³/mol. The fourth-order valence-electron chi connectivity index (χ4n) is 3.38. The first kappa shape index (κ1) is 11.7. The quantitative estimate of drug-likeness (QED) is 0.778. The van der Waals surface area contributed by atoms with E-state index in [1.54, 1.807) is 7.11 Å². The molecule has 3 unspecified atom stereocenters. The van der Waals surface area contributed by atoms with Gasteiger partial charge in [-0.1, -0.05) is 0 Å². The van der Waals surface area contributed by atoms with Gasteiger partial charge in [0.15, 0.2) is 0 Å². The lowest BCUT2D eigenvalue weighted by atomic mass is 10.00. The number of fused-ring (bicyclic) bond motifs is 1. The zero-order chi connectivity index (χ0) is 12.7. The molecule has 1 aromatic rings. The number of rotatable bonds is 2. The van der Waals surface area contributed by atoms with Gasteiger partial charge in [0, 0.05) is 25.1 Å². The van der Waals surface area contributed by atoms with Crippen LogP contribution < -0.4 is 15.4 Å². The number of aliphatic hydroxyl groups excluding tert-OH is 1. The Balaban J connectivity index is 1.80. The van der Waals surface area contributed by atoms with Crippen LogP contribution in [0.25, 0.3) is 0 Å². The summed E-state index contributed by atoms with van der Waals surface area (Å²) < 4.78 is 5.17. The van der Waals surface area contributed by atoms with E-state index in [1.165, 1.54) is 0 Å². The van der Waals surface area contributed by atoms with Crippen LogP contribution in [0.4, 0.5) is 11.4 Å². The summed E-state index contributed by atoms with van der Waals surface area (Å²) in [6, 6.07) is 5.82. The average molecular weight is 248 g/mol. The van der Waals surface area contributed by atoms with Crippen LogP contribution >= 0.6 is 0 Å². The standard InChI is InChI=1S/C14H20N2O2/c1-18-10-3-4-13(12(15)6-10)16-7-9-2-5-14(17)11(9)8-16/h3-4,6,9,11,14,17H,2,5,7-8,15H2,1H3. The van der Waals surface area contributed by atoms with Crippen LogP contribution in [-0.4, -0.2) is 31.4 Å².